The maximum Gasteiger partial charge on any atom is 0.304 e. The number of ether oxygens (including phenoxy) is 1. The number of nitrogens with zero attached hydrogens (tertiary/aromatic N) is 1. The van der Waals surface area contributed by atoms with Crippen LogP contribution in [0.25, 0.3) is 0 Å². The fourth-order valence-electron chi connectivity index (χ4n) is 2.05. The van der Waals surface area contributed by atoms with E-state index in [2.05, 4.69) is 9.72 Å². The number of carbonyl (C=O) groups excluding carboxylic acids is 5. The molecule has 1 rings (SSSR count). The number of carbonyl (C=O) groups is 5. The van der Waals surface area contributed by atoms with Crippen LogP contribution in [0, 0.1) is 0 Å². The molecule has 2 unspecified atom stereocenters. The van der Waals surface area contributed by atoms with E-state index in [0.717, 1.165) is 20.8 Å². The first-order valence-electron chi connectivity index (χ1n) is 7.84. The maximum absolute atomic E-state index is 11.8. The van der Waals surface area contributed by atoms with Gasteiger partial charge >= 0.3 is 5.97 Å². The highest BCUT2D eigenvalue weighted by atomic mass is 16.6. The Hall–Kier alpha value is -3.02. The molecule has 0 saturated carbocycles. The summed E-state index contributed by atoms with van der Waals surface area (Å²) in [5.74, 6) is -5.30. The molecule has 3 atom stereocenters. The van der Waals surface area contributed by atoms with Crippen molar-refractivity contribution < 1.29 is 44.0 Å². The van der Waals surface area contributed by atoms with E-state index in [4.69, 9.17) is 10.8 Å². The standard InChI is InChI=1S/C11H16O8.C6H6N2O/c1-5(13)9(17)11(6(2)14,19-7(3)15)10(18)8(16)4-12;7-6(9)5-2-1-3-8-4-5/h8,10,12,16,18H,4H2,1-3H3;1-4H,(H2,7,9)/t8?,10?,11-;/m0./s1. The van der Waals surface area contributed by atoms with E-state index < -0.39 is 53.6 Å². The van der Waals surface area contributed by atoms with Gasteiger partial charge in [0.05, 0.1) is 12.2 Å². The molecule has 28 heavy (non-hydrogen) atoms. The van der Waals surface area contributed by atoms with Gasteiger partial charge in [0.15, 0.2) is 11.6 Å². The van der Waals surface area contributed by atoms with E-state index in [9.17, 15) is 34.2 Å². The average Bonchev–Trinajstić information content (AvgIpc) is 2.64. The third-order valence-electron chi connectivity index (χ3n) is 3.40. The summed E-state index contributed by atoms with van der Waals surface area (Å²) in [5, 5.41) is 27.9. The Morgan fingerprint density at radius 2 is 1.75 bits per heavy atom. The number of amides is 1. The number of pyridine rings is 1. The molecule has 0 bridgehead atoms. The average molecular weight is 398 g/mol. The van der Waals surface area contributed by atoms with Gasteiger partial charge in [-0.05, 0) is 19.1 Å². The van der Waals surface area contributed by atoms with Gasteiger partial charge in [0.25, 0.3) is 11.4 Å². The Labute approximate surface area is 160 Å². The van der Waals surface area contributed by atoms with Crippen LogP contribution in [0.15, 0.2) is 24.5 Å². The van der Waals surface area contributed by atoms with Crippen LogP contribution in [0.1, 0.15) is 31.1 Å². The van der Waals surface area contributed by atoms with E-state index in [1.165, 1.54) is 6.20 Å². The molecule has 0 spiro atoms. The van der Waals surface area contributed by atoms with Gasteiger partial charge in [-0.25, -0.2) is 0 Å². The molecule has 11 nitrogen and oxygen atoms in total. The Morgan fingerprint density at radius 3 is 2.04 bits per heavy atom. The lowest BCUT2D eigenvalue weighted by molar-refractivity contribution is -0.193. The second-order valence-corrected chi connectivity index (χ2v) is 5.57. The first kappa shape index (κ1) is 25.0. The fraction of sp³-hybridized carbons (Fsp3) is 0.412. The molecule has 0 fully saturated rings. The molecule has 0 aliphatic heterocycles. The Bertz CT molecular complexity index is 735. The summed E-state index contributed by atoms with van der Waals surface area (Å²) in [6.07, 6.45) is -1.17. The first-order chi connectivity index (χ1) is 12.9. The highest BCUT2D eigenvalue weighted by Gasteiger charge is 2.56. The number of primary amides is 1. The van der Waals surface area contributed by atoms with Crippen molar-refractivity contribution in [3.8, 4) is 0 Å². The monoisotopic (exact) mass is 398 g/mol. The number of hydrogen-bond donors (Lipinski definition) is 4. The summed E-state index contributed by atoms with van der Waals surface area (Å²) in [6.45, 7) is 1.50. The third-order valence-corrected chi connectivity index (χ3v) is 3.40. The smallest absolute Gasteiger partial charge is 0.304 e. The number of aliphatic hydroxyl groups excluding tert-OH is 3. The molecule has 154 valence electrons. The normalized spacial score (nSPS) is 14.4. The zero-order valence-corrected chi connectivity index (χ0v) is 15.5. The van der Waals surface area contributed by atoms with Gasteiger partial charge in [0, 0.05) is 26.2 Å². The highest BCUT2D eigenvalue weighted by Crippen LogP contribution is 2.23. The van der Waals surface area contributed by atoms with E-state index in [0.29, 0.717) is 5.56 Å². The summed E-state index contributed by atoms with van der Waals surface area (Å²) in [6, 6.07) is 3.29. The third kappa shape index (κ3) is 6.30. The lowest BCUT2D eigenvalue weighted by atomic mass is 9.83. The summed E-state index contributed by atoms with van der Waals surface area (Å²) >= 11 is 0. The van der Waals surface area contributed by atoms with E-state index >= 15 is 0 Å². The molecular formula is C17H22N2O9. The number of nitrogens with two attached hydrogens (primary N) is 1. The predicted octanol–water partition coefficient (Wildman–Crippen LogP) is -2.07. The highest BCUT2D eigenvalue weighted by molar-refractivity contribution is 6.44. The quantitative estimate of drug-likeness (QED) is 0.214. The molecule has 0 radical (unpaired) electrons. The van der Waals surface area contributed by atoms with Gasteiger partial charge < -0.3 is 25.8 Å². The maximum atomic E-state index is 11.8. The zero-order valence-electron chi connectivity index (χ0n) is 15.5. The van der Waals surface area contributed by atoms with Crippen molar-refractivity contribution in [1.82, 2.24) is 4.98 Å². The van der Waals surface area contributed by atoms with Crippen molar-refractivity contribution in [3.05, 3.63) is 30.1 Å². The second-order valence-electron chi connectivity index (χ2n) is 5.57. The van der Waals surface area contributed by atoms with Gasteiger partial charge in [-0.3, -0.25) is 29.0 Å². The van der Waals surface area contributed by atoms with E-state index in [1.807, 2.05) is 0 Å². The number of aromatic nitrogens is 1. The minimum atomic E-state index is -2.85. The summed E-state index contributed by atoms with van der Waals surface area (Å²) < 4.78 is 4.53. The second kappa shape index (κ2) is 11.0. The van der Waals surface area contributed by atoms with Crippen molar-refractivity contribution >= 4 is 29.2 Å². The number of Topliss-reactive ketones (excluding diaryl/α,β-unsaturated/α-hetero) is 3. The van der Waals surface area contributed by atoms with Crippen molar-refractivity contribution in [3.63, 3.8) is 0 Å². The van der Waals surface area contributed by atoms with Crippen molar-refractivity contribution in [2.24, 2.45) is 5.73 Å². The lowest BCUT2D eigenvalue weighted by Gasteiger charge is -2.34. The number of esters is 1. The van der Waals surface area contributed by atoms with Crippen LogP contribution < -0.4 is 5.73 Å². The fourth-order valence-corrected chi connectivity index (χ4v) is 2.05. The van der Waals surface area contributed by atoms with E-state index in [1.54, 1.807) is 18.3 Å². The Balaban J connectivity index is 0.000000668. The van der Waals surface area contributed by atoms with Crippen LogP contribution in [0.5, 0.6) is 0 Å². The van der Waals surface area contributed by atoms with Gasteiger partial charge in [-0.2, -0.15) is 0 Å². The van der Waals surface area contributed by atoms with E-state index in [-0.39, 0.29) is 0 Å². The van der Waals surface area contributed by atoms with Crippen LogP contribution in [0.2, 0.25) is 0 Å². The number of ketones is 3. The molecule has 1 aromatic rings. The molecule has 5 N–H and O–H groups in total. The summed E-state index contributed by atoms with van der Waals surface area (Å²) in [5.41, 5.74) is 2.53. The zero-order chi connectivity index (χ0) is 22.1. The predicted molar refractivity (Wildman–Crippen MR) is 92.7 cm³/mol. The molecule has 0 aliphatic rings. The molecule has 0 aromatic carbocycles. The molecule has 1 amide bonds. The molecule has 11 heteroatoms. The van der Waals surface area contributed by atoms with Crippen LogP contribution in [-0.2, 0) is 23.9 Å². The molecular weight excluding hydrogens is 376 g/mol. The Kier molecular flexibility index (Phi) is 9.78. The SMILES string of the molecule is CC(=O)O[C@@](C(C)=O)(C(=O)C(C)=O)C(O)C(O)CO.NC(=O)c1cccnc1. The first-order valence-corrected chi connectivity index (χ1v) is 7.84. The van der Waals surface area contributed by atoms with Gasteiger partial charge in [-0.15, -0.1) is 0 Å². The van der Waals surface area contributed by atoms with Crippen LogP contribution >= 0.6 is 0 Å². The van der Waals surface area contributed by atoms with Gasteiger partial charge in [0.1, 0.15) is 12.2 Å². The van der Waals surface area contributed by atoms with Crippen molar-refractivity contribution in [2.75, 3.05) is 6.61 Å². The number of aliphatic hydroxyl groups is 3. The topological polar surface area (TPSA) is 194 Å². The molecule has 0 aliphatic carbocycles. The largest absolute Gasteiger partial charge is 0.440 e. The van der Waals surface area contributed by atoms with Gasteiger partial charge in [-0.1, -0.05) is 0 Å². The van der Waals surface area contributed by atoms with Crippen LogP contribution in [0.4, 0.5) is 0 Å². The Morgan fingerprint density at radius 1 is 1.18 bits per heavy atom. The van der Waals surface area contributed by atoms with Crippen molar-refractivity contribution in [1.29, 1.82) is 0 Å². The lowest BCUT2D eigenvalue weighted by Crippen LogP contribution is -2.63. The van der Waals surface area contributed by atoms with Gasteiger partial charge in [0.2, 0.25) is 5.91 Å². The number of hydrogen-bond acceptors (Lipinski definition) is 10. The molecule has 1 aromatic heterocycles. The van der Waals surface area contributed by atoms with Crippen LogP contribution in [0.3, 0.4) is 0 Å². The number of rotatable bonds is 8. The van der Waals surface area contributed by atoms with Crippen molar-refractivity contribution in [2.45, 2.75) is 38.6 Å². The minimum Gasteiger partial charge on any atom is -0.440 e. The summed E-state index contributed by atoms with van der Waals surface area (Å²) in [7, 11) is 0. The molecule has 0 saturated heterocycles. The summed E-state index contributed by atoms with van der Waals surface area (Å²) in [4.78, 5) is 59.7. The minimum absolute atomic E-state index is 0.442. The van der Waals surface area contributed by atoms with Crippen LogP contribution in [-0.4, -0.2) is 73.9 Å². The molecule has 1 heterocycles.